The number of benzene rings is 1. The van der Waals surface area contributed by atoms with Gasteiger partial charge in [-0.05, 0) is 74.3 Å². The van der Waals surface area contributed by atoms with Crippen molar-refractivity contribution in [2.45, 2.75) is 73.6 Å². The SMILES string of the molecule is Cc1cc(C)c(CNC(C)CCC(C)C)c(C)c1CO. The highest BCUT2D eigenvalue weighted by atomic mass is 16.3. The van der Waals surface area contributed by atoms with Crippen molar-refractivity contribution in [1.82, 2.24) is 5.32 Å². The first-order valence-electron chi connectivity index (χ1n) is 7.79. The fourth-order valence-electron chi connectivity index (χ4n) is 2.75. The highest BCUT2D eigenvalue weighted by Gasteiger charge is 2.11. The van der Waals surface area contributed by atoms with Gasteiger partial charge in [-0.2, -0.15) is 0 Å². The van der Waals surface area contributed by atoms with Crippen LogP contribution in [-0.2, 0) is 13.2 Å². The lowest BCUT2D eigenvalue weighted by Gasteiger charge is -2.20. The van der Waals surface area contributed by atoms with E-state index in [1.54, 1.807) is 0 Å². The van der Waals surface area contributed by atoms with Crippen molar-refractivity contribution in [3.8, 4) is 0 Å². The molecule has 2 nitrogen and oxygen atoms in total. The largest absolute Gasteiger partial charge is 0.392 e. The van der Waals surface area contributed by atoms with E-state index in [9.17, 15) is 5.11 Å². The van der Waals surface area contributed by atoms with Crippen LogP contribution >= 0.6 is 0 Å². The quantitative estimate of drug-likeness (QED) is 0.789. The zero-order valence-electron chi connectivity index (χ0n) is 14.0. The van der Waals surface area contributed by atoms with Gasteiger partial charge in [0, 0.05) is 12.6 Å². The minimum absolute atomic E-state index is 0.133. The smallest absolute Gasteiger partial charge is 0.0687 e. The number of aliphatic hydroxyl groups is 1. The maximum Gasteiger partial charge on any atom is 0.0687 e. The number of aliphatic hydroxyl groups excluding tert-OH is 1. The molecule has 0 amide bonds. The molecule has 0 fully saturated rings. The molecule has 0 aromatic heterocycles. The van der Waals surface area contributed by atoms with E-state index >= 15 is 0 Å². The van der Waals surface area contributed by atoms with Gasteiger partial charge in [-0.1, -0.05) is 19.9 Å². The fourth-order valence-corrected chi connectivity index (χ4v) is 2.75. The zero-order chi connectivity index (χ0) is 15.3. The van der Waals surface area contributed by atoms with E-state index < -0.39 is 0 Å². The molecule has 0 radical (unpaired) electrons. The Bertz CT molecular complexity index is 438. The molecule has 0 heterocycles. The first-order chi connectivity index (χ1) is 9.36. The summed E-state index contributed by atoms with van der Waals surface area (Å²) in [6, 6.07) is 2.73. The maximum atomic E-state index is 9.52. The van der Waals surface area contributed by atoms with Gasteiger partial charge in [0.1, 0.15) is 0 Å². The monoisotopic (exact) mass is 277 g/mol. The van der Waals surface area contributed by atoms with Crippen molar-refractivity contribution in [2.24, 2.45) is 5.92 Å². The Morgan fingerprint density at radius 3 is 2.15 bits per heavy atom. The van der Waals surface area contributed by atoms with E-state index in [-0.39, 0.29) is 6.61 Å². The minimum atomic E-state index is 0.133. The Kier molecular flexibility index (Phi) is 6.70. The molecule has 2 heteroatoms. The van der Waals surface area contributed by atoms with Crippen molar-refractivity contribution in [3.05, 3.63) is 33.9 Å². The molecule has 1 aromatic rings. The normalized spacial score (nSPS) is 13.0. The number of aryl methyl sites for hydroxylation is 2. The second kappa shape index (κ2) is 7.80. The molecule has 20 heavy (non-hydrogen) atoms. The number of nitrogens with one attached hydrogen (secondary N) is 1. The lowest BCUT2D eigenvalue weighted by atomic mass is 9.93. The molecule has 0 saturated heterocycles. The fraction of sp³-hybridized carbons (Fsp3) is 0.667. The van der Waals surface area contributed by atoms with E-state index in [0.717, 1.165) is 18.0 Å². The molecule has 0 aliphatic carbocycles. The number of hydrogen-bond acceptors (Lipinski definition) is 2. The van der Waals surface area contributed by atoms with Crippen LogP contribution < -0.4 is 5.32 Å². The van der Waals surface area contributed by atoms with Crippen molar-refractivity contribution in [3.63, 3.8) is 0 Å². The van der Waals surface area contributed by atoms with E-state index in [1.165, 1.54) is 35.1 Å². The molecule has 1 atom stereocenters. The van der Waals surface area contributed by atoms with Crippen LogP contribution in [0.15, 0.2) is 6.07 Å². The standard InChI is InChI=1S/C18H31NO/c1-12(2)7-8-15(5)19-10-17-13(3)9-14(4)18(11-20)16(17)6/h9,12,15,19-20H,7-8,10-11H2,1-6H3. The third-order valence-corrected chi connectivity index (χ3v) is 4.25. The third-order valence-electron chi connectivity index (χ3n) is 4.25. The Labute approximate surface area is 124 Å². The van der Waals surface area contributed by atoms with Crippen molar-refractivity contribution in [1.29, 1.82) is 0 Å². The molecule has 1 aromatic carbocycles. The maximum absolute atomic E-state index is 9.52. The summed E-state index contributed by atoms with van der Waals surface area (Å²) >= 11 is 0. The van der Waals surface area contributed by atoms with Crippen LogP contribution in [0.25, 0.3) is 0 Å². The van der Waals surface area contributed by atoms with E-state index in [2.05, 4.69) is 52.9 Å². The van der Waals surface area contributed by atoms with Crippen LogP contribution in [0.5, 0.6) is 0 Å². The van der Waals surface area contributed by atoms with Gasteiger partial charge < -0.3 is 10.4 Å². The first-order valence-corrected chi connectivity index (χ1v) is 7.79. The highest BCUT2D eigenvalue weighted by molar-refractivity contribution is 5.44. The van der Waals surface area contributed by atoms with E-state index in [1.807, 2.05) is 0 Å². The average molecular weight is 277 g/mol. The van der Waals surface area contributed by atoms with Crippen LogP contribution in [0.3, 0.4) is 0 Å². The lowest BCUT2D eigenvalue weighted by molar-refractivity contribution is 0.280. The molecule has 2 N–H and O–H groups in total. The van der Waals surface area contributed by atoms with Crippen LogP contribution in [0.1, 0.15) is 61.4 Å². The molecule has 0 saturated carbocycles. The van der Waals surface area contributed by atoms with Gasteiger partial charge in [-0.3, -0.25) is 0 Å². The van der Waals surface area contributed by atoms with Gasteiger partial charge in [0.2, 0.25) is 0 Å². The molecular weight excluding hydrogens is 246 g/mol. The zero-order valence-corrected chi connectivity index (χ0v) is 14.0. The van der Waals surface area contributed by atoms with Crippen LogP contribution in [0.4, 0.5) is 0 Å². The first kappa shape index (κ1) is 17.2. The molecule has 1 unspecified atom stereocenters. The van der Waals surface area contributed by atoms with Gasteiger partial charge >= 0.3 is 0 Å². The van der Waals surface area contributed by atoms with Crippen molar-refractivity contribution in [2.75, 3.05) is 0 Å². The summed E-state index contributed by atoms with van der Waals surface area (Å²) in [5, 5.41) is 13.1. The number of hydrogen-bond donors (Lipinski definition) is 2. The topological polar surface area (TPSA) is 32.3 Å². The lowest BCUT2D eigenvalue weighted by Crippen LogP contribution is -2.26. The molecule has 0 spiro atoms. The Hall–Kier alpha value is -0.860. The van der Waals surface area contributed by atoms with Gasteiger partial charge in [0.25, 0.3) is 0 Å². The van der Waals surface area contributed by atoms with E-state index in [0.29, 0.717) is 6.04 Å². The second-order valence-corrected chi connectivity index (χ2v) is 6.50. The van der Waals surface area contributed by atoms with E-state index in [4.69, 9.17) is 0 Å². The van der Waals surface area contributed by atoms with Gasteiger partial charge in [0.15, 0.2) is 0 Å². The summed E-state index contributed by atoms with van der Waals surface area (Å²) in [4.78, 5) is 0. The molecule has 114 valence electrons. The third kappa shape index (κ3) is 4.60. The van der Waals surface area contributed by atoms with Gasteiger partial charge in [-0.15, -0.1) is 0 Å². The summed E-state index contributed by atoms with van der Waals surface area (Å²) in [5.74, 6) is 0.767. The minimum Gasteiger partial charge on any atom is -0.392 e. The average Bonchev–Trinajstić information content (AvgIpc) is 2.36. The molecular formula is C18H31NO. The van der Waals surface area contributed by atoms with Crippen LogP contribution in [0, 0.1) is 26.7 Å². The number of rotatable bonds is 7. The summed E-state index contributed by atoms with van der Waals surface area (Å²) in [7, 11) is 0. The summed E-state index contributed by atoms with van der Waals surface area (Å²) in [6.45, 7) is 14.2. The predicted octanol–water partition coefficient (Wildman–Crippen LogP) is 4.02. The van der Waals surface area contributed by atoms with Gasteiger partial charge in [-0.25, -0.2) is 0 Å². The Balaban J connectivity index is 2.73. The van der Waals surface area contributed by atoms with Gasteiger partial charge in [0.05, 0.1) is 6.61 Å². The summed E-state index contributed by atoms with van der Waals surface area (Å²) in [6.07, 6.45) is 2.48. The second-order valence-electron chi connectivity index (χ2n) is 6.50. The molecule has 0 aliphatic rings. The summed E-state index contributed by atoms with van der Waals surface area (Å²) < 4.78 is 0. The highest BCUT2D eigenvalue weighted by Crippen LogP contribution is 2.22. The Morgan fingerprint density at radius 2 is 1.60 bits per heavy atom. The van der Waals surface area contributed by atoms with Crippen molar-refractivity contribution >= 4 is 0 Å². The van der Waals surface area contributed by atoms with Crippen LogP contribution in [-0.4, -0.2) is 11.1 Å². The molecule has 0 aliphatic heterocycles. The van der Waals surface area contributed by atoms with Crippen molar-refractivity contribution < 1.29 is 5.11 Å². The predicted molar refractivity (Wildman–Crippen MR) is 86.9 cm³/mol. The summed E-state index contributed by atoms with van der Waals surface area (Å²) in [5.41, 5.74) is 6.19. The van der Waals surface area contributed by atoms with Crippen LogP contribution in [0.2, 0.25) is 0 Å². The molecule has 0 bridgehead atoms. The Morgan fingerprint density at radius 1 is 1.00 bits per heavy atom. The molecule has 1 rings (SSSR count).